The van der Waals surface area contributed by atoms with Gasteiger partial charge in [-0.15, -0.1) is 0 Å². The van der Waals surface area contributed by atoms with E-state index < -0.39 is 11.9 Å². The third-order valence-electron chi connectivity index (χ3n) is 1.83. The van der Waals surface area contributed by atoms with Crippen LogP contribution in [0.25, 0.3) is 0 Å². The summed E-state index contributed by atoms with van der Waals surface area (Å²) < 4.78 is 38.3. The van der Waals surface area contributed by atoms with Gasteiger partial charge in [-0.2, -0.15) is 13.2 Å². The van der Waals surface area contributed by atoms with Gasteiger partial charge in [0.05, 0.1) is 0 Å². The Morgan fingerprint density at radius 3 is 2.36 bits per heavy atom. The molecule has 0 aliphatic carbocycles. The van der Waals surface area contributed by atoms with Crippen LogP contribution >= 0.6 is 0 Å². The quantitative estimate of drug-likeness (QED) is 0.727. The molecule has 0 aliphatic rings. The van der Waals surface area contributed by atoms with Crippen LogP contribution in [0.15, 0.2) is 6.20 Å². The Hall–Kier alpha value is -1.00. The van der Waals surface area contributed by atoms with Crippen LogP contribution in [0.4, 0.5) is 13.2 Å². The normalized spacial score (nSPS) is 12.5. The maximum Gasteiger partial charge on any atom is 0.434 e. The molecular weight excluding hydrogens is 193 g/mol. The molecule has 0 saturated carbocycles. The van der Waals surface area contributed by atoms with E-state index in [4.69, 9.17) is 0 Å². The second-order valence-electron chi connectivity index (χ2n) is 3.72. The van der Waals surface area contributed by atoms with Crippen molar-refractivity contribution in [1.29, 1.82) is 0 Å². The molecular formula is C9H13F3N2. The molecule has 1 rings (SSSR count). The van der Waals surface area contributed by atoms with E-state index in [9.17, 15) is 13.2 Å². The predicted octanol–water partition coefficient (Wildman–Crippen LogP) is 2.87. The van der Waals surface area contributed by atoms with Gasteiger partial charge in [0.15, 0.2) is 5.69 Å². The van der Waals surface area contributed by atoms with E-state index in [1.54, 1.807) is 6.92 Å². The zero-order chi connectivity index (χ0) is 10.9. The van der Waals surface area contributed by atoms with Crippen LogP contribution in [-0.4, -0.2) is 9.55 Å². The SMILES string of the molecule is Cc1nc(C(F)(F)F)cn1CC(C)C. The van der Waals surface area contributed by atoms with Crippen LogP contribution < -0.4 is 0 Å². The van der Waals surface area contributed by atoms with Gasteiger partial charge in [0.25, 0.3) is 0 Å². The summed E-state index contributed by atoms with van der Waals surface area (Å²) in [7, 11) is 0. The second-order valence-corrected chi connectivity index (χ2v) is 3.72. The van der Waals surface area contributed by atoms with Gasteiger partial charge in [0, 0.05) is 12.7 Å². The van der Waals surface area contributed by atoms with Crippen molar-refractivity contribution >= 4 is 0 Å². The fraction of sp³-hybridized carbons (Fsp3) is 0.667. The molecule has 0 amide bonds. The number of rotatable bonds is 2. The van der Waals surface area contributed by atoms with Crippen LogP contribution in [0, 0.1) is 12.8 Å². The number of hydrogen-bond donors (Lipinski definition) is 0. The molecule has 80 valence electrons. The Balaban J connectivity index is 2.94. The minimum atomic E-state index is -4.34. The Bertz CT molecular complexity index is 312. The predicted molar refractivity (Wildman–Crippen MR) is 46.8 cm³/mol. The van der Waals surface area contributed by atoms with E-state index in [1.807, 2.05) is 13.8 Å². The van der Waals surface area contributed by atoms with Crippen molar-refractivity contribution in [1.82, 2.24) is 9.55 Å². The van der Waals surface area contributed by atoms with Crippen LogP contribution in [-0.2, 0) is 12.7 Å². The van der Waals surface area contributed by atoms with Gasteiger partial charge in [0.1, 0.15) is 5.82 Å². The minimum Gasteiger partial charge on any atom is -0.334 e. The number of halogens is 3. The molecule has 0 saturated heterocycles. The summed E-state index contributed by atoms with van der Waals surface area (Å²) in [5.41, 5.74) is -0.810. The first-order chi connectivity index (χ1) is 6.30. The molecule has 2 nitrogen and oxygen atoms in total. The summed E-state index contributed by atoms with van der Waals surface area (Å²) in [6.07, 6.45) is -3.28. The largest absolute Gasteiger partial charge is 0.434 e. The van der Waals surface area contributed by atoms with E-state index in [2.05, 4.69) is 4.98 Å². The highest BCUT2D eigenvalue weighted by Gasteiger charge is 2.34. The highest BCUT2D eigenvalue weighted by Crippen LogP contribution is 2.28. The highest BCUT2D eigenvalue weighted by atomic mass is 19.4. The number of aryl methyl sites for hydroxylation is 1. The highest BCUT2D eigenvalue weighted by molar-refractivity contribution is 5.06. The molecule has 1 heterocycles. The topological polar surface area (TPSA) is 17.8 Å². The molecule has 0 fully saturated rings. The molecule has 5 heteroatoms. The van der Waals surface area contributed by atoms with Gasteiger partial charge >= 0.3 is 6.18 Å². The lowest BCUT2D eigenvalue weighted by atomic mass is 10.2. The molecule has 0 N–H and O–H groups in total. The Labute approximate surface area is 80.8 Å². The third-order valence-corrected chi connectivity index (χ3v) is 1.83. The summed E-state index contributed by atoms with van der Waals surface area (Å²) in [4.78, 5) is 3.47. The average Bonchev–Trinajstić information content (AvgIpc) is 2.30. The molecule has 14 heavy (non-hydrogen) atoms. The van der Waals surface area contributed by atoms with E-state index in [0.29, 0.717) is 18.3 Å². The van der Waals surface area contributed by atoms with Crippen molar-refractivity contribution in [2.24, 2.45) is 5.92 Å². The van der Waals surface area contributed by atoms with Crippen molar-refractivity contribution in [3.8, 4) is 0 Å². The number of aromatic nitrogens is 2. The lowest BCUT2D eigenvalue weighted by Gasteiger charge is -2.06. The van der Waals surface area contributed by atoms with E-state index in [-0.39, 0.29) is 0 Å². The number of hydrogen-bond acceptors (Lipinski definition) is 1. The fourth-order valence-electron chi connectivity index (χ4n) is 1.22. The standard InChI is InChI=1S/C9H13F3N2/c1-6(2)4-14-5-8(9(10,11)12)13-7(14)3/h5-6H,4H2,1-3H3. The van der Waals surface area contributed by atoms with Gasteiger partial charge in [-0.3, -0.25) is 0 Å². The van der Waals surface area contributed by atoms with Gasteiger partial charge in [-0.1, -0.05) is 13.8 Å². The lowest BCUT2D eigenvalue weighted by Crippen LogP contribution is -2.06. The zero-order valence-electron chi connectivity index (χ0n) is 8.39. The molecule has 0 radical (unpaired) electrons. The molecule has 1 aromatic rings. The van der Waals surface area contributed by atoms with Crippen molar-refractivity contribution in [2.45, 2.75) is 33.5 Å². The van der Waals surface area contributed by atoms with Crippen LogP contribution in [0.2, 0.25) is 0 Å². The number of nitrogens with zero attached hydrogens (tertiary/aromatic N) is 2. The van der Waals surface area contributed by atoms with Crippen LogP contribution in [0.5, 0.6) is 0 Å². The lowest BCUT2D eigenvalue weighted by molar-refractivity contribution is -0.141. The first-order valence-corrected chi connectivity index (χ1v) is 4.41. The van der Waals surface area contributed by atoms with Crippen molar-refractivity contribution < 1.29 is 13.2 Å². The molecule has 0 spiro atoms. The van der Waals surface area contributed by atoms with E-state index in [0.717, 1.165) is 6.20 Å². The van der Waals surface area contributed by atoms with E-state index >= 15 is 0 Å². The maximum absolute atomic E-state index is 12.2. The fourth-order valence-corrected chi connectivity index (χ4v) is 1.22. The average molecular weight is 206 g/mol. The van der Waals surface area contributed by atoms with Crippen LogP contribution in [0.1, 0.15) is 25.4 Å². The monoisotopic (exact) mass is 206 g/mol. The molecule has 0 atom stereocenters. The zero-order valence-corrected chi connectivity index (χ0v) is 8.39. The molecule has 0 aromatic carbocycles. The molecule has 0 bridgehead atoms. The minimum absolute atomic E-state index is 0.309. The van der Waals surface area contributed by atoms with Crippen molar-refractivity contribution in [3.63, 3.8) is 0 Å². The van der Waals surface area contributed by atoms with E-state index in [1.165, 1.54) is 4.57 Å². The Kier molecular flexibility index (Phi) is 2.87. The summed E-state index contributed by atoms with van der Waals surface area (Å²) in [5, 5.41) is 0. The first kappa shape index (κ1) is 11.1. The Morgan fingerprint density at radius 2 is 2.00 bits per heavy atom. The number of alkyl halides is 3. The molecule has 0 aliphatic heterocycles. The summed E-state index contributed by atoms with van der Waals surface area (Å²) in [5.74, 6) is 0.718. The summed E-state index contributed by atoms with van der Waals surface area (Å²) in [6, 6.07) is 0. The van der Waals surface area contributed by atoms with Crippen LogP contribution in [0.3, 0.4) is 0 Å². The summed E-state index contributed by atoms with van der Waals surface area (Å²) in [6.45, 7) is 6.05. The maximum atomic E-state index is 12.2. The summed E-state index contributed by atoms with van der Waals surface area (Å²) >= 11 is 0. The van der Waals surface area contributed by atoms with Crippen molar-refractivity contribution in [3.05, 3.63) is 17.7 Å². The molecule has 0 unspecified atom stereocenters. The van der Waals surface area contributed by atoms with Gasteiger partial charge in [-0.05, 0) is 12.8 Å². The van der Waals surface area contributed by atoms with Gasteiger partial charge in [0.2, 0.25) is 0 Å². The van der Waals surface area contributed by atoms with Gasteiger partial charge < -0.3 is 4.57 Å². The molecule has 1 aromatic heterocycles. The smallest absolute Gasteiger partial charge is 0.334 e. The van der Waals surface area contributed by atoms with Crippen molar-refractivity contribution in [2.75, 3.05) is 0 Å². The first-order valence-electron chi connectivity index (χ1n) is 4.41. The third kappa shape index (κ3) is 2.49. The van der Waals surface area contributed by atoms with Gasteiger partial charge in [-0.25, -0.2) is 4.98 Å². The number of imidazole rings is 1. The second kappa shape index (κ2) is 3.63. The Morgan fingerprint density at radius 1 is 1.43 bits per heavy atom.